The Labute approximate surface area is 182 Å². The van der Waals surface area contributed by atoms with E-state index < -0.39 is 5.76 Å². The summed E-state index contributed by atoms with van der Waals surface area (Å²) in [5.74, 6) is -1.06. The second-order valence-corrected chi connectivity index (χ2v) is 7.81. The number of piperidine rings is 1. The van der Waals surface area contributed by atoms with Gasteiger partial charge in [0.15, 0.2) is 5.58 Å². The van der Waals surface area contributed by atoms with Gasteiger partial charge in [-0.1, -0.05) is 18.2 Å². The van der Waals surface area contributed by atoms with Crippen LogP contribution in [0.2, 0.25) is 0 Å². The van der Waals surface area contributed by atoms with Gasteiger partial charge in [-0.2, -0.15) is 10.2 Å². The van der Waals surface area contributed by atoms with Crippen LogP contribution in [0, 0.1) is 0 Å². The SMILES string of the molecule is O=C(Nc1ccc2oc(=O)n(CC(=O)N3CCCCC3)c2c1)c1cnnc2ccccc12. The molecule has 0 unspecified atom stereocenters. The van der Waals surface area contributed by atoms with Crippen LogP contribution < -0.4 is 11.1 Å². The largest absolute Gasteiger partial charge is 0.420 e. The van der Waals surface area contributed by atoms with E-state index in [0.29, 0.717) is 46.3 Å². The minimum atomic E-state index is -0.599. The van der Waals surface area contributed by atoms with Gasteiger partial charge in [0, 0.05) is 24.2 Å². The van der Waals surface area contributed by atoms with Crippen molar-refractivity contribution in [1.29, 1.82) is 0 Å². The summed E-state index contributed by atoms with van der Waals surface area (Å²) in [5.41, 5.74) is 2.30. The highest BCUT2D eigenvalue weighted by molar-refractivity contribution is 6.12. The van der Waals surface area contributed by atoms with Crippen LogP contribution in [0.25, 0.3) is 22.0 Å². The highest BCUT2D eigenvalue weighted by Gasteiger charge is 2.20. The van der Waals surface area contributed by atoms with Gasteiger partial charge in [0.2, 0.25) is 5.91 Å². The minimum absolute atomic E-state index is 0.0951. The standard InChI is InChI=1S/C23H21N5O4/c29-21(27-10-4-1-5-11-27)14-28-19-12-15(8-9-20(19)32-23(28)31)25-22(30)17-13-24-26-18-7-3-2-6-16(17)18/h2-3,6-9,12-13H,1,4-5,10-11,14H2,(H,25,30). The first-order valence-corrected chi connectivity index (χ1v) is 10.5. The number of fused-ring (bicyclic) bond motifs is 2. The highest BCUT2D eigenvalue weighted by Crippen LogP contribution is 2.21. The van der Waals surface area contributed by atoms with Crippen molar-refractivity contribution in [3.05, 3.63) is 64.8 Å². The molecular weight excluding hydrogens is 410 g/mol. The van der Waals surface area contributed by atoms with Crippen LogP contribution in [0.3, 0.4) is 0 Å². The molecule has 2 aromatic heterocycles. The lowest BCUT2D eigenvalue weighted by Gasteiger charge is -2.26. The van der Waals surface area contributed by atoms with Crippen LogP contribution in [-0.4, -0.2) is 44.6 Å². The van der Waals surface area contributed by atoms with Crippen LogP contribution in [0.5, 0.6) is 0 Å². The Kier molecular flexibility index (Phi) is 5.14. The maximum atomic E-state index is 12.9. The van der Waals surface area contributed by atoms with Crippen molar-refractivity contribution in [2.24, 2.45) is 0 Å². The average molecular weight is 431 g/mol. The topological polar surface area (TPSA) is 110 Å². The van der Waals surface area contributed by atoms with Crippen molar-refractivity contribution in [3.63, 3.8) is 0 Å². The molecule has 1 aliphatic rings. The number of benzene rings is 2. The summed E-state index contributed by atoms with van der Waals surface area (Å²) in [6.45, 7) is 1.32. The molecule has 9 nitrogen and oxygen atoms in total. The normalized spacial score (nSPS) is 14.1. The molecule has 0 radical (unpaired) electrons. The number of aromatic nitrogens is 3. The van der Waals surface area contributed by atoms with Crippen molar-refractivity contribution in [2.45, 2.75) is 25.8 Å². The van der Waals surface area contributed by atoms with Crippen molar-refractivity contribution in [2.75, 3.05) is 18.4 Å². The highest BCUT2D eigenvalue weighted by atomic mass is 16.4. The first-order valence-electron chi connectivity index (χ1n) is 10.5. The van der Waals surface area contributed by atoms with Crippen LogP contribution in [0.4, 0.5) is 5.69 Å². The van der Waals surface area contributed by atoms with Gasteiger partial charge in [0.1, 0.15) is 6.54 Å². The summed E-state index contributed by atoms with van der Waals surface area (Å²) in [5, 5.41) is 11.5. The fourth-order valence-electron chi connectivity index (χ4n) is 4.05. The first-order chi connectivity index (χ1) is 15.6. The van der Waals surface area contributed by atoms with E-state index in [9.17, 15) is 14.4 Å². The Morgan fingerprint density at radius 2 is 1.88 bits per heavy atom. The third kappa shape index (κ3) is 3.73. The number of amides is 2. The third-order valence-corrected chi connectivity index (χ3v) is 5.72. The van der Waals surface area contributed by atoms with Crippen LogP contribution >= 0.6 is 0 Å². The van der Waals surface area contributed by atoms with Gasteiger partial charge in [-0.25, -0.2) is 4.79 Å². The molecule has 1 N–H and O–H groups in total. The molecule has 1 aliphatic heterocycles. The summed E-state index contributed by atoms with van der Waals surface area (Å²) in [4.78, 5) is 39.7. The molecule has 2 amide bonds. The van der Waals surface area contributed by atoms with E-state index in [1.54, 1.807) is 29.2 Å². The lowest BCUT2D eigenvalue weighted by atomic mass is 10.1. The zero-order valence-electron chi connectivity index (χ0n) is 17.3. The zero-order chi connectivity index (χ0) is 22.1. The van der Waals surface area contributed by atoms with Gasteiger partial charge in [-0.3, -0.25) is 14.2 Å². The van der Waals surface area contributed by atoms with Crippen molar-refractivity contribution >= 4 is 39.5 Å². The van der Waals surface area contributed by atoms with Gasteiger partial charge < -0.3 is 14.6 Å². The maximum absolute atomic E-state index is 12.9. The fraction of sp³-hybridized carbons (Fsp3) is 0.261. The number of hydrogen-bond acceptors (Lipinski definition) is 6. The number of hydrogen-bond donors (Lipinski definition) is 1. The second-order valence-electron chi connectivity index (χ2n) is 7.81. The number of nitrogens with one attached hydrogen (secondary N) is 1. The molecule has 0 atom stereocenters. The summed E-state index contributed by atoms with van der Waals surface area (Å²) < 4.78 is 6.61. The fourth-order valence-corrected chi connectivity index (χ4v) is 4.05. The number of rotatable bonds is 4. The van der Waals surface area contributed by atoms with E-state index in [0.717, 1.165) is 19.3 Å². The Balaban J connectivity index is 1.43. The molecule has 4 aromatic rings. The van der Waals surface area contributed by atoms with E-state index in [4.69, 9.17) is 4.42 Å². The number of oxazole rings is 1. The number of carbonyl (C=O) groups is 2. The van der Waals surface area contributed by atoms with Gasteiger partial charge in [-0.15, -0.1) is 0 Å². The zero-order valence-corrected chi connectivity index (χ0v) is 17.3. The minimum Gasteiger partial charge on any atom is -0.408 e. The van der Waals surface area contributed by atoms with E-state index >= 15 is 0 Å². The number of anilines is 1. The third-order valence-electron chi connectivity index (χ3n) is 5.72. The van der Waals surface area contributed by atoms with Gasteiger partial charge in [0.25, 0.3) is 5.91 Å². The number of carbonyl (C=O) groups excluding carboxylic acids is 2. The lowest BCUT2D eigenvalue weighted by molar-refractivity contribution is -0.132. The van der Waals surface area contributed by atoms with Crippen molar-refractivity contribution < 1.29 is 14.0 Å². The summed E-state index contributed by atoms with van der Waals surface area (Å²) in [6, 6.07) is 12.1. The monoisotopic (exact) mass is 431 g/mol. The van der Waals surface area contributed by atoms with Gasteiger partial charge in [-0.05, 0) is 43.5 Å². The summed E-state index contributed by atoms with van der Waals surface area (Å²) >= 11 is 0. The van der Waals surface area contributed by atoms with E-state index in [2.05, 4.69) is 15.5 Å². The first kappa shape index (κ1) is 19.9. The van der Waals surface area contributed by atoms with E-state index in [1.807, 2.05) is 18.2 Å². The van der Waals surface area contributed by atoms with Crippen molar-refractivity contribution in [1.82, 2.24) is 19.7 Å². The quantitative estimate of drug-likeness (QED) is 0.532. The summed E-state index contributed by atoms with van der Waals surface area (Å²) in [6.07, 6.45) is 4.48. The predicted octanol–water partition coefficient (Wildman–Crippen LogP) is 2.80. The molecule has 1 fully saturated rings. The van der Waals surface area contributed by atoms with E-state index in [1.165, 1.54) is 10.8 Å². The summed E-state index contributed by atoms with van der Waals surface area (Å²) in [7, 11) is 0. The maximum Gasteiger partial charge on any atom is 0.420 e. The Morgan fingerprint density at radius 1 is 1.06 bits per heavy atom. The second kappa shape index (κ2) is 8.26. The number of likely N-dealkylation sites (tertiary alicyclic amines) is 1. The van der Waals surface area contributed by atoms with Gasteiger partial charge >= 0.3 is 5.76 Å². The Hall–Kier alpha value is -4.01. The molecule has 9 heteroatoms. The van der Waals surface area contributed by atoms with Gasteiger partial charge in [0.05, 0.1) is 22.8 Å². The molecular formula is C23H21N5O4. The van der Waals surface area contributed by atoms with Crippen LogP contribution in [-0.2, 0) is 11.3 Å². The molecule has 0 aliphatic carbocycles. The smallest absolute Gasteiger partial charge is 0.408 e. The molecule has 0 bridgehead atoms. The molecule has 0 saturated carbocycles. The van der Waals surface area contributed by atoms with Crippen molar-refractivity contribution in [3.8, 4) is 0 Å². The molecule has 5 rings (SSSR count). The Bertz CT molecular complexity index is 1380. The molecule has 1 saturated heterocycles. The molecule has 32 heavy (non-hydrogen) atoms. The van der Waals surface area contributed by atoms with Crippen LogP contribution in [0.15, 0.2) is 57.9 Å². The predicted molar refractivity (Wildman–Crippen MR) is 118 cm³/mol. The lowest BCUT2D eigenvalue weighted by Crippen LogP contribution is -2.39. The average Bonchev–Trinajstić information content (AvgIpc) is 3.13. The molecule has 162 valence electrons. The molecule has 0 spiro atoms. The number of nitrogens with zero attached hydrogens (tertiary/aromatic N) is 4. The van der Waals surface area contributed by atoms with E-state index in [-0.39, 0.29) is 18.4 Å². The Morgan fingerprint density at radius 3 is 2.72 bits per heavy atom. The molecule has 2 aromatic carbocycles. The molecule has 3 heterocycles. The van der Waals surface area contributed by atoms with Crippen LogP contribution in [0.1, 0.15) is 29.6 Å².